The van der Waals surface area contributed by atoms with Crippen molar-refractivity contribution in [3.05, 3.63) is 89.7 Å². The standard InChI is InChI=1S/C27H26F3N3O3/c1-33-21-11-7-6-10-20(21)31-26(33)25(19-8-4-3-5-9-19)32-24(34)15-13-18-12-14-22(23(16-18)35-2)36-17-27(28,29)30/h3-12,14,16,25H,13,15,17H2,1-2H3,(H,32,34). The van der Waals surface area contributed by atoms with Crippen molar-refractivity contribution in [2.75, 3.05) is 13.7 Å². The molecule has 0 aliphatic rings. The van der Waals surface area contributed by atoms with Gasteiger partial charge in [0.2, 0.25) is 5.91 Å². The van der Waals surface area contributed by atoms with Gasteiger partial charge in [-0.15, -0.1) is 0 Å². The first-order valence-electron chi connectivity index (χ1n) is 11.4. The molecule has 1 heterocycles. The molecule has 0 fully saturated rings. The van der Waals surface area contributed by atoms with Gasteiger partial charge in [0.15, 0.2) is 18.1 Å². The van der Waals surface area contributed by atoms with Crippen molar-refractivity contribution in [2.24, 2.45) is 7.05 Å². The van der Waals surface area contributed by atoms with E-state index in [1.165, 1.54) is 13.2 Å². The first-order valence-corrected chi connectivity index (χ1v) is 11.4. The average Bonchev–Trinajstić information content (AvgIpc) is 3.21. The predicted molar refractivity (Wildman–Crippen MR) is 130 cm³/mol. The molecule has 0 saturated heterocycles. The van der Waals surface area contributed by atoms with Crippen LogP contribution in [0.15, 0.2) is 72.8 Å². The van der Waals surface area contributed by atoms with Gasteiger partial charge in [0.05, 0.1) is 18.1 Å². The highest BCUT2D eigenvalue weighted by Crippen LogP contribution is 2.30. The summed E-state index contributed by atoms with van der Waals surface area (Å²) in [7, 11) is 3.27. The van der Waals surface area contributed by atoms with E-state index in [1.807, 2.05) is 66.2 Å². The van der Waals surface area contributed by atoms with Crippen LogP contribution in [0.1, 0.15) is 29.4 Å². The Balaban J connectivity index is 1.49. The molecule has 0 spiro atoms. The number of benzene rings is 3. The number of carbonyl (C=O) groups excluding carboxylic acids is 1. The number of nitrogens with one attached hydrogen (secondary N) is 1. The van der Waals surface area contributed by atoms with Crippen LogP contribution in [-0.2, 0) is 18.3 Å². The first kappa shape index (κ1) is 25.1. The van der Waals surface area contributed by atoms with Gasteiger partial charge in [-0.05, 0) is 41.8 Å². The van der Waals surface area contributed by atoms with E-state index in [0.29, 0.717) is 12.2 Å². The van der Waals surface area contributed by atoms with Gasteiger partial charge in [-0.3, -0.25) is 4.79 Å². The number of ether oxygens (including phenoxy) is 2. The van der Waals surface area contributed by atoms with Crippen LogP contribution in [0.2, 0.25) is 0 Å². The number of para-hydroxylation sites is 2. The van der Waals surface area contributed by atoms with Crippen molar-refractivity contribution in [1.82, 2.24) is 14.9 Å². The fourth-order valence-electron chi connectivity index (χ4n) is 4.00. The highest BCUT2D eigenvalue weighted by molar-refractivity contribution is 5.79. The molecule has 0 saturated carbocycles. The second kappa shape index (κ2) is 10.7. The van der Waals surface area contributed by atoms with Gasteiger partial charge in [-0.25, -0.2) is 4.98 Å². The number of hydrogen-bond donors (Lipinski definition) is 1. The van der Waals surface area contributed by atoms with Gasteiger partial charge in [0, 0.05) is 13.5 Å². The number of fused-ring (bicyclic) bond motifs is 1. The highest BCUT2D eigenvalue weighted by atomic mass is 19.4. The van der Waals surface area contributed by atoms with E-state index in [-0.39, 0.29) is 23.8 Å². The number of carbonyl (C=O) groups is 1. The zero-order valence-corrected chi connectivity index (χ0v) is 19.9. The second-order valence-corrected chi connectivity index (χ2v) is 8.32. The third-order valence-corrected chi connectivity index (χ3v) is 5.78. The summed E-state index contributed by atoms with van der Waals surface area (Å²) in [5.41, 5.74) is 3.44. The maximum absolute atomic E-state index is 13.0. The van der Waals surface area contributed by atoms with Crippen LogP contribution >= 0.6 is 0 Å². The Kier molecular flexibility index (Phi) is 7.47. The third-order valence-electron chi connectivity index (χ3n) is 5.78. The van der Waals surface area contributed by atoms with Crippen molar-refractivity contribution in [2.45, 2.75) is 25.1 Å². The first-order chi connectivity index (χ1) is 17.2. The Hall–Kier alpha value is -4.01. The average molecular weight is 498 g/mol. The summed E-state index contributed by atoms with van der Waals surface area (Å²) in [4.78, 5) is 17.8. The van der Waals surface area contributed by atoms with Crippen LogP contribution < -0.4 is 14.8 Å². The van der Waals surface area contributed by atoms with Crippen molar-refractivity contribution in [3.63, 3.8) is 0 Å². The number of amides is 1. The van der Waals surface area contributed by atoms with Crippen LogP contribution in [0.5, 0.6) is 11.5 Å². The van der Waals surface area contributed by atoms with E-state index in [4.69, 9.17) is 14.5 Å². The molecular weight excluding hydrogens is 471 g/mol. The number of nitrogens with zero attached hydrogens (tertiary/aromatic N) is 2. The lowest BCUT2D eigenvalue weighted by Crippen LogP contribution is -2.31. The Morgan fingerprint density at radius 3 is 2.44 bits per heavy atom. The number of aryl methyl sites for hydroxylation is 2. The largest absolute Gasteiger partial charge is 0.493 e. The molecule has 1 aromatic heterocycles. The molecule has 1 atom stereocenters. The number of halogens is 3. The lowest BCUT2D eigenvalue weighted by molar-refractivity contribution is -0.153. The molecule has 6 nitrogen and oxygen atoms in total. The quantitative estimate of drug-likeness (QED) is 0.338. The number of aromatic nitrogens is 2. The summed E-state index contributed by atoms with van der Waals surface area (Å²) in [6.45, 7) is -1.41. The third kappa shape index (κ3) is 5.97. The molecule has 9 heteroatoms. The van der Waals surface area contributed by atoms with Gasteiger partial charge in [-0.1, -0.05) is 48.5 Å². The molecule has 188 valence electrons. The fraction of sp³-hybridized carbons (Fsp3) is 0.259. The minimum atomic E-state index is -4.45. The van der Waals surface area contributed by atoms with E-state index in [1.54, 1.807) is 12.1 Å². The number of hydrogen-bond acceptors (Lipinski definition) is 4. The zero-order valence-electron chi connectivity index (χ0n) is 19.9. The Bertz CT molecular complexity index is 1340. The smallest absolute Gasteiger partial charge is 0.422 e. The van der Waals surface area contributed by atoms with Crippen molar-refractivity contribution >= 4 is 16.9 Å². The van der Waals surface area contributed by atoms with E-state index in [2.05, 4.69) is 5.32 Å². The Labute approximate surface area is 206 Å². The van der Waals surface area contributed by atoms with Crippen LogP contribution in [0.4, 0.5) is 13.2 Å². The molecule has 4 aromatic rings. The lowest BCUT2D eigenvalue weighted by atomic mass is 10.0. The summed E-state index contributed by atoms with van der Waals surface area (Å²) >= 11 is 0. The molecule has 36 heavy (non-hydrogen) atoms. The number of methoxy groups -OCH3 is 1. The topological polar surface area (TPSA) is 65.4 Å². The molecule has 3 aromatic carbocycles. The summed E-state index contributed by atoms with van der Waals surface area (Å²) in [5, 5.41) is 3.10. The van der Waals surface area contributed by atoms with Gasteiger partial charge >= 0.3 is 6.18 Å². The number of rotatable bonds is 9. The fourth-order valence-corrected chi connectivity index (χ4v) is 4.00. The normalized spacial score (nSPS) is 12.4. The van der Waals surface area contributed by atoms with E-state index >= 15 is 0 Å². The van der Waals surface area contributed by atoms with Crippen molar-refractivity contribution in [3.8, 4) is 11.5 Å². The molecule has 0 aliphatic carbocycles. The number of imidazole rings is 1. The van der Waals surface area contributed by atoms with Crippen LogP contribution in [0.25, 0.3) is 11.0 Å². The zero-order chi connectivity index (χ0) is 25.7. The lowest BCUT2D eigenvalue weighted by Gasteiger charge is -2.19. The van der Waals surface area contributed by atoms with Gasteiger partial charge in [0.25, 0.3) is 0 Å². The van der Waals surface area contributed by atoms with E-state index in [0.717, 1.165) is 22.2 Å². The maximum Gasteiger partial charge on any atom is 0.422 e. The van der Waals surface area contributed by atoms with Crippen LogP contribution in [0.3, 0.4) is 0 Å². The summed E-state index contributed by atoms with van der Waals surface area (Å²) in [5.74, 6) is 0.698. The highest BCUT2D eigenvalue weighted by Gasteiger charge is 2.29. The van der Waals surface area contributed by atoms with Gasteiger partial charge in [-0.2, -0.15) is 13.2 Å². The summed E-state index contributed by atoms with van der Waals surface area (Å²) < 4.78 is 49.4. The molecular formula is C27H26F3N3O3. The summed E-state index contributed by atoms with van der Waals surface area (Å²) in [6.07, 6.45) is -3.92. The monoisotopic (exact) mass is 497 g/mol. The van der Waals surface area contributed by atoms with E-state index < -0.39 is 18.8 Å². The molecule has 1 unspecified atom stereocenters. The second-order valence-electron chi connectivity index (χ2n) is 8.32. The van der Waals surface area contributed by atoms with E-state index in [9.17, 15) is 18.0 Å². The maximum atomic E-state index is 13.0. The van der Waals surface area contributed by atoms with Gasteiger partial charge in [0.1, 0.15) is 11.9 Å². The molecule has 0 bridgehead atoms. The summed E-state index contributed by atoms with van der Waals surface area (Å²) in [6, 6.07) is 21.5. The van der Waals surface area contributed by atoms with Crippen LogP contribution in [0, 0.1) is 0 Å². The minimum Gasteiger partial charge on any atom is -0.493 e. The minimum absolute atomic E-state index is 0.00554. The molecule has 0 aliphatic heterocycles. The molecule has 0 radical (unpaired) electrons. The van der Waals surface area contributed by atoms with Crippen LogP contribution in [-0.4, -0.2) is 35.4 Å². The van der Waals surface area contributed by atoms with Crippen molar-refractivity contribution in [1.29, 1.82) is 0 Å². The number of alkyl halides is 3. The molecule has 1 N–H and O–H groups in total. The van der Waals surface area contributed by atoms with Crippen molar-refractivity contribution < 1.29 is 27.4 Å². The Morgan fingerprint density at radius 1 is 1.03 bits per heavy atom. The molecule has 4 rings (SSSR count). The SMILES string of the molecule is COc1cc(CCC(=O)NC(c2ccccc2)c2nc3ccccc3n2C)ccc1OCC(F)(F)F. The van der Waals surface area contributed by atoms with Gasteiger partial charge < -0.3 is 19.4 Å². The molecule has 1 amide bonds. The Morgan fingerprint density at radius 2 is 1.75 bits per heavy atom. The predicted octanol–water partition coefficient (Wildman–Crippen LogP) is 5.36.